The second-order valence-corrected chi connectivity index (χ2v) is 4.79. The van der Waals surface area contributed by atoms with Crippen molar-refractivity contribution in [2.45, 2.75) is 31.5 Å². The average molecular weight is 302 g/mol. The van der Waals surface area contributed by atoms with Gasteiger partial charge in [0.1, 0.15) is 0 Å². The number of anilines is 1. The number of carboxylic acid groups (broad SMARTS) is 1. The third-order valence-corrected chi connectivity index (χ3v) is 3.27. The molecule has 21 heavy (non-hydrogen) atoms. The molecule has 0 heterocycles. The van der Waals surface area contributed by atoms with Gasteiger partial charge < -0.3 is 15.7 Å². The van der Waals surface area contributed by atoms with E-state index in [9.17, 15) is 22.8 Å². The number of aromatic carboxylic acids is 1. The number of halogens is 3. The molecule has 0 aromatic heterocycles. The number of benzene rings is 1. The number of carboxylic acids is 1. The summed E-state index contributed by atoms with van der Waals surface area (Å²) in [5.41, 5.74) is -1.86. The quantitative estimate of drug-likeness (QED) is 0.803. The van der Waals surface area contributed by atoms with Crippen molar-refractivity contribution in [3.63, 3.8) is 0 Å². The highest BCUT2D eigenvalue weighted by atomic mass is 19.4. The first kappa shape index (κ1) is 15.1. The maximum absolute atomic E-state index is 12.6. The molecular weight excluding hydrogens is 289 g/mol. The van der Waals surface area contributed by atoms with E-state index < -0.39 is 29.3 Å². The lowest BCUT2D eigenvalue weighted by Crippen LogP contribution is -2.42. The topological polar surface area (TPSA) is 78.4 Å². The molecular formula is C13H13F3N2O3. The standard InChI is InChI=1S/C13H13F3N2O3/c14-13(15,16)7-4-5-10(9(6-7)11(19)20)18-12(21)17-8-2-1-3-8/h4-6,8H,1-3H2,(H,19,20)(H2,17,18,21). The Kier molecular flexibility index (Phi) is 4.06. The lowest BCUT2D eigenvalue weighted by atomic mass is 9.93. The summed E-state index contributed by atoms with van der Waals surface area (Å²) in [5.74, 6) is -1.54. The molecule has 1 saturated carbocycles. The van der Waals surface area contributed by atoms with Gasteiger partial charge in [0, 0.05) is 6.04 Å². The van der Waals surface area contributed by atoms with E-state index in [1.807, 2.05) is 0 Å². The molecule has 1 aromatic rings. The van der Waals surface area contributed by atoms with Gasteiger partial charge in [-0.15, -0.1) is 0 Å². The summed E-state index contributed by atoms with van der Waals surface area (Å²) in [6.45, 7) is 0. The number of nitrogens with one attached hydrogen (secondary N) is 2. The molecule has 2 rings (SSSR count). The molecule has 1 fully saturated rings. The van der Waals surface area contributed by atoms with E-state index in [2.05, 4.69) is 10.6 Å². The third kappa shape index (κ3) is 3.65. The van der Waals surface area contributed by atoms with Crippen LogP contribution in [0.3, 0.4) is 0 Å². The number of hydrogen-bond donors (Lipinski definition) is 3. The highest BCUT2D eigenvalue weighted by Gasteiger charge is 2.32. The van der Waals surface area contributed by atoms with Crippen molar-refractivity contribution < 1.29 is 27.9 Å². The molecule has 2 amide bonds. The second kappa shape index (κ2) is 5.63. The van der Waals surface area contributed by atoms with Crippen molar-refractivity contribution in [3.8, 4) is 0 Å². The minimum Gasteiger partial charge on any atom is -0.478 e. The zero-order valence-electron chi connectivity index (χ0n) is 10.8. The normalized spacial score (nSPS) is 15.2. The summed E-state index contributed by atoms with van der Waals surface area (Å²) in [5, 5.41) is 13.9. The number of urea groups is 1. The molecule has 1 aliphatic carbocycles. The number of hydrogen-bond acceptors (Lipinski definition) is 2. The van der Waals surface area contributed by atoms with E-state index in [0.717, 1.165) is 31.4 Å². The van der Waals surface area contributed by atoms with E-state index in [4.69, 9.17) is 5.11 Å². The Morgan fingerprint density at radius 2 is 1.90 bits per heavy atom. The first-order valence-corrected chi connectivity index (χ1v) is 6.29. The molecule has 0 unspecified atom stereocenters. The van der Waals surface area contributed by atoms with Crippen LogP contribution in [0.5, 0.6) is 0 Å². The van der Waals surface area contributed by atoms with Crippen LogP contribution in [0.4, 0.5) is 23.7 Å². The molecule has 0 radical (unpaired) electrons. The van der Waals surface area contributed by atoms with Crippen LogP contribution in [0.25, 0.3) is 0 Å². The van der Waals surface area contributed by atoms with Crippen molar-refractivity contribution in [1.82, 2.24) is 5.32 Å². The van der Waals surface area contributed by atoms with Gasteiger partial charge in [0.15, 0.2) is 0 Å². The SMILES string of the molecule is O=C(Nc1ccc(C(F)(F)F)cc1C(=O)O)NC1CCC1. The van der Waals surface area contributed by atoms with E-state index >= 15 is 0 Å². The molecule has 1 aliphatic rings. The molecule has 0 atom stereocenters. The molecule has 0 bridgehead atoms. The summed E-state index contributed by atoms with van der Waals surface area (Å²) < 4.78 is 37.7. The Morgan fingerprint density at radius 3 is 2.38 bits per heavy atom. The van der Waals surface area contributed by atoms with Crippen LogP contribution in [-0.4, -0.2) is 23.1 Å². The smallest absolute Gasteiger partial charge is 0.416 e. The Balaban J connectivity index is 2.18. The van der Waals surface area contributed by atoms with Gasteiger partial charge in [-0.1, -0.05) is 0 Å². The van der Waals surface area contributed by atoms with Gasteiger partial charge in [-0.2, -0.15) is 13.2 Å². The fourth-order valence-corrected chi connectivity index (χ4v) is 1.90. The van der Waals surface area contributed by atoms with Crippen LogP contribution in [0.2, 0.25) is 0 Å². The van der Waals surface area contributed by atoms with Crippen molar-refractivity contribution in [2.75, 3.05) is 5.32 Å². The summed E-state index contributed by atoms with van der Waals surface area (Å²) in [4.78, 5) is 22.7. The van der Waals surface area contributed by atoms with E-state index in [-0.39, 0.29) is 11.7 Å². The van der Waals surface area contributed by atoms with Crippen LogP contribution in [0, 0.1) is 0 Å². The molecule has 3 N–H and O–H groups in total. The summed E-state index contributed by atoms with van der Waals surface area (Å²) in [6, 6.07) is 1.58. The van der Waals surface area contributed by atoms with Crippen LogP contribution < -0.4 is 10.6 Å². The molecule has 1 aromatic carbocycles. The lowest BCUT2D eigenvalue weighted by Gasteiger charge is -2.26. The Hall–Kier alpha value is -2.25. The summed E-state index contributed by atoms with van der Waals surface area (Å²) in [6.07, 6.45) is -1.96. The van der Waals surface area contributed by atoms with Crippen molar-refractivity contribution in [2.24, 2.45) is 0 Å². The van der Waals surface area contributed by atoms with Crippen molar-refractivity contribution >= 4 is 17.7 Å². The van der Waals surface area contributed by atoms with Crippen molar-refractivity contribution in [1.29, 1.82) is 0 Å². The van der Waals surface area contributed by atoms with E-state index in [1.165, 1.54) is 0 Å². The predicted octanol–water partition coefficient (Wildman–Crippen LogP) is 3.08. The fourth-order valence-electron chi connectivity index (χ4n) is 1.90. The highest BCUT2D eigenvalue weighted by molar-refractivity contribution is 6.00. The number of carbonyl (C=O) groups excluding carboxylic acids is 1. The minimum absolute atomic E-state index is 0.0349. The first-order chi connectivity index (χ1) is 9.77. The van der Waals surface area contributed by atoms with E-state index in [1.54, 1.807) is 0 Å². The monoisotopic (exact) mass is 302 g/mol. The Labute approximate surface area is 118 Å². The van der Waals surface area contributed by atoms with Gasteiger partial charge in [0.25, 0.3) is 0 Å². The maximum atomic E-state index is 12.6. The molecule has 0 aliphatic heterocycles. The first-order valence-electron chi connectivity index (χ1n) is 6.29. The van der Waals surface area contributed by atoms with E-state index in [0.29, 0.717) is 6.07 Å². The van der Waals surface area contributed by atoms with Crippen LogP contribution >= 0.6 is 0 Å². The average Bonchev–Trinajstić information content (AvgIpc) is 2.32. The zero-order valence-corrected chi connectivity index (χ0v) is 10.8. The van der Waals surface area contributed by atoms with Gasteiger partial charge in [0.2, 0.25) is 0 Å². The van der Waals surface area contributed by atoms with Gasteiger partial charge in [0.05, 0.1) is 16.8 Å². The Bertz CT molecular complexity index is 568. The Morgan fingerprint density at radius 1 is 1.24 bits per heavy atom. The molecule has 5 nitrogen and oxygen atoms in total. The molecule has 0 saturated heterocycles. The maximum Gasteiger partial charge on any atom is 0.416 e. The summed E-state index contributed by atoms with van der Waals surface area (Å²) in [7, 11) is 0. The van der Waals surface area contributed by atoms with Crippen LogP contribution in [0.1, 0.15) is 35.2 Å². The number of alkyl halides is 3. The third-order valence-electron chi connectivity index (χ3n) is 3.27. The highest BCUT2D eigenvalue weighted by Crippen LogP contribution is 2.32. The largest absolute Gasteiger partial charge is 0.478 e. The minimum atomic E-state index is -4.64. The van der Waals surface area contributed by atoms with Crippen molar-refractivity contribution in [3.05, 3.63) is 29.3 Å². The molecule has 0 spiro atoms. The molecule has 8 heteroatoms. The van der Waals surface area contributed by atoms with Gasteiger partial charge in [-0.25, -0.2) is 9.59 Å². The van der Waals surface area contributed by atoms with Gasteiger partial charge in [-0.3, -0.25) is 0 Å². The van der Waals surface area contributed by atoms with Crippen LogP contribution in [-0.2, 0) is 6.18 Å². The van der Waals surface area contributed by atoms with Crippen LogP contribution in [0.15, 0.2) is 18.2 Å². The van der Waals surface area contributed by atoms with Gasteiger partial charge >= 0.3 is 18.2 Å². The number of amides is 2. The number of carbonyl (C=O) groups is 2. The number of rotatable bonds is 3. The fraction of sp³-hybridized carbons (Fsp3) is 0.385. The zero-order chi connectivity index (χ0) is 15.6. The molecule has 114 valence electrons. The lowest BCUT2D eigenvalue weighted by molar-refractivity contribution is -0.137. The summed E-state index contributed by atoms with van der Waals surface area (Å²) >= 11 is 0. The van der Waals surface area contributed by atoms with Gasteiger partial charge in [-0.05, 0) is 37.5 Å². The predicted molar refractivity (Wildman–Crippen MR) is 68.2 cm³/mol. The second-order valence-electron chi connectivity index (χ2n) is 4.79.